The second-order valence-corrected chi connectivity index (χ2v) is 8.55. The first-order chi connectivity index (χ1) is 12.4. The van der Waals surface area contributed by atoms with Crippen LogP contribution in [0.4, 0.5) is 5.82 Å². The molecule has 138 valence electrons. The molecule has 0 unspecified atom stereocenters. The molecule has 2 aliphatic rings. The average Bonchev–Trinajstić information content (AvgIpc) is 3.02. The van der Waals surface area contributed by atoms with Gasteiger partial charge in [-0.05, 0) is 32.3 Å². The zero-order chi connectivity index (χ0) is 18.3. The molecule has 0 radical (unpaired) electrons. The third-order valence-electron chi connectivity index (χ3n) is 5.01. The number of aromatic nitrogens is 3. The van der Waals surface area contributed by atoms with E-state index >= 15 is 0 Å². The first-order valence-corrected chi connectivity index (χ1v) is 9.91. The Morgan fingerprint density at radius 3 is 3.04 bits per heavy atom. The van der Waals surface area contributed by atoms with Crippen LogP contribution in [0, 0.1) is 6.92 Å². The van der Waals surface area contributed by atoms with Gasteiger partial charge in [-0.3, -0.25) is 4.79 Å². The maximum absolute atomic E-state index is 13.0. The minimum atomic E-state index is -0.297. The second-order valence-electron chi connectivity index (χ2n) is 7.41. The van der Waals surface area contributed by atoms with E-state index in [1.807, 2.05) is 31.1 Å². The topological polar surface area (TPSA) is 91.1 Å². The Balaban J connectivity index is 1.63. The van der Waals surface area contributed by atoms with E-state index in [1.54, 1.807) is 18.1 Å². The van der Waals surface area contributed by atoms with Gasteiger partial charge in [0.15, 0.2) is 0 Å². The smallest absolute Gasteiger partial charge is 0.261 e. The molecule has 3 N–H and O–H groups in total. The minimum Gasteiger partial charge on any atom is -0.346 e. The van der Waals surface area contributed by atoms with E-state index < -0.39 is 0 Å². The highest BCUT2D eigenvalue weighted by atomic mass is 32.2. The Hall–Kier alpha value is -2.06. The number of hydrogen-bond acceptors (Lipinski definition) is 6. The van der Waals surface area contributed by atoms with Crippen LogP contribution in [0.3, 0.4) is 0 Å². The number of aromatic amines is 1. The number of thioether (sulfide) groups is 1. The van der Waals surface area contributed by atoms with Crippen molar-refractivity contribution in [3.05, 3.63) is 29.2 Å². The van der Waals surface area contributed by atoms with E-state index in [9.17, 15) is 4.79 Å². The fourth-order valence-electron chi connectivity index (χ4n) is 3.69. The van der Waals surface area contributed by atoms with Crippen molar-refractivity contribution in [2.75, 3.05) is 30.3 Å². The van der Waals surface area contributed by atoms with Gasteiger partial charge >= 0.3 is 0 Å². The van der Waals surface area contributed by atoms with Crippen molar-refractivity contribution in [1.29, 1.82) is 0 Å². The van der Waals surface area contributed by atoms with Crippen LogP contribution in [0.1, 0.15) is 25.3 Å². The summed E-state index contributed by atoms with van der Waals surface area (Å²) in [5.74, 6) is 1.77. The van der Waals surface area contributed by atoms with Crippen molar-refractivity contribution in [3.63, 3.8) is 0 Å². The number of aryl methyl sites for hydroxylation is 1. The number of nitrogens with two attached hydrogens (primary N) is 1. The minimum absolute atomic E-state index is 0.0761. The number of carbonyl (C=O) groups excluding carboxylic acids is 1. The molecule has 0 spiro atoms. The first-order valence-electron chi connectivity index (χ1n) is 8.93. The Kier molecular flexibility index (Phi) is 4.40. The SMILES string of the molecule is Cc1c[nH]c2ncnc(N3C=C(C(=O)N4CCC[C@@](C)(N)C4)SCC3)c12. The van der Waals surface area contributed by atoms with Crippen LogP contribution < -0.4 is 10.6 Å². The molecule has 2 aromatic rings. The highest BCUT2D eigenvalue weighted by molar-refractivity contribution is 8.04. The molecule has 0 saturated carbocycles. The lowest BCUT2D eigenvalue weighted by molar-refractivity contribution is -0.128. The lowest BCUT2D eigenvalue weighted by Crippen LogP contribution is -2.54. The number of fused-ring (bicyclic) bond motifs is 1. The van der Waals surface area contributed by atoms with E-state index in [-0.39, 0.29) is 11.4 Å². The van der Waals surface area contributed by atoms with Crippen LogP contribution in [-0.4, -0.2) is 56.7 Å². The maximum Gasteiger partial charge on any atom is 0.261 e. The molecule has 2 aliphatic heterocycles. The van der Waals surface area contributed by atoms with Crippen LogP contribution in [0.2, 0.25) is 0 Å². The second kappa shape index (κ2) is 6.59. The van der Waals surface area contributed by atoms with Gasteiger partial charge in [0.2, 0.25) is 0 Å². The molecule has 26 heavy (non-hydrogen) atoms. The molecule has 4 heterocycles. The number of hydrogen-bond donors (Lipinski definition) is 2. The van der Waals surface area contributed by atoms with E-state index in [0.717, 1.165) is 59.0 Å². The molecule has 0 aromatic carbocycles. The molecular formula is C18H24N6OS. The van der Waals surface area contributed by atoms with Crippen molar-refractivity contribution < 1.29 is 4.79 Å². The summed E-state index contributed by atoms with van der Waals surface area (Å²) < 4.78 is 0. The van der Waals surface area contributed by atoms with Gasteiger partial charge < -0.3 is 20.5 Å². The number of likely N-dealkylation sites (tertiary alicyclic amines) is 1. The third kappa shape index (κ3) is 3.19. The fraction of sp³-hybridized carbons (Fsp3) is 0.500. The van der Waals surface area contributed by atoms with Crippen molar-refractivity contribution in [2.24, 2.45) is 5.73 Å². The summed E-state index contributed by atoms with van der Waals surface area (Å²) >= 11 is 1.61. The Morgan fingerprint density at radius 1 is 1.38 bits per heavy atom. The fourth-order valence-corrected chi connectivity index (χ4v) is 4.66. The van der Waals surface area contributed by atoms with Gasteiger partial charge in [-0.2, -0.15) is 0 Å². The summed E-state index contributed by atoms with van der Waals surface area (Å²) in [5.41, 5.74) is 7.90. The van der Waals surface area contributed by atoms with Crippen LogP contribution >= 0.6 is 11.8 Å². The number of nitrogens with one attached hydrogen (secondary N) is 1. The first kappa shape index (κ1) is 17.4. The number of anilines is 1. The van der Waals surface area contributed by atoms with Gasteiger partial charge in [-0.15, -0.1) is 11.8 Å². The number of amides is 1. The molecule has 7 nitrogen and oxygen atoms in total. The van der Waals surface area contributed by atoms with E-state index in [2.05, 4.69) is 19.9 Å². The molecule has 4 rings (SSSR count). The normalized spacial score (nSPS) is 24.0. The quantitative estimate of drug-likeness (QED) is 0.838. The highest BCUT2D eigenvalue weighted by Crippen LogP contribution is 2.32. The summed E-state index contributed by atoms with van der Waals surface area (Å²) in [7, 11) is 0. The molecule has 0 aliphatic carbocycles. The van der Waals surface area contributed by atoms with Gasteiger partial charge in [-0.1, -0.05) is 0 Å². The van der Waals surface area contributed by atoms with E-state index in [4.69, 9.17) is 5.73 Å². The van der Waals surface area contributed by atoms with E-state index in [1.165, 1.54) is 0 Å². The van der Waals surface area contributed by atoms with Crippen LogP contribution in [0.5, 0.6) is 0 Å². The standard InChI is InChI=1S/C18H24N6OS/c1-12-8-20-15-14(12)16(22-11-21-15)23-6-7-26-13(9-23)17(25)24-5-3-4-18(2,19)10-24/h8-9,11H,3-7,10,19H2,1-2H3,(H,20,21,22)/t18-/m1/s1. The van der Waals surface area contributed by atoms with Gasteiger partial charge in [0.05, 0.1) is 10.3 Å². The number of H-pyrrole nitrogens is 1. The monoisotopic (exact) mass is 372 g/mol. The van der Waals surface area contributed by atoms with Crippen LogP contribution in [-0.2, 0) is 4.79 Å². The van der Waals surface area contributed by atoms with Gasteiger partial charge in [0.1, 0.15) is 17.8 Å². The number of nitrogens with zero attached hydrogens (tertiary/aromatic N) is 4. The van der Waals surface area contributed by atoms with Crippen molar-refractivity contribution in [2.45, 2.75) is 32.2 Å². The van der Waals surface area contributed by atoms with Crippen molar-refractivity contribution in [1.82, 2.24) is 19.9 Å². The largest absolute Gasteiger partial charge is 0.346 e. The molecule has 1 atom stereocenters. The van der Waals surface area contributed by atoms with Crippen molar-refractivity contribution >= 4 is 34.5 Å². The predicted octanol–water partition coefficient (Wildman–Crippen LogP) is 2.00. The molecule has 1 saturated heterocycles. The Bertz CT molecular complexity index is 874. The predicted molar refractivity (Wildman–Crippen MR) is 105 cm³/mol. The summed E-state index contributed by atoms with van der Waals surface area (Å²) in [5, 5.41) is 1.01. The average molecular weight is 372 g/mol. The summed E-state index contributed by atoms with van der Waals surface area (Å²) in [6.45, 7) is 6.26. The lowest BCUT2D eigenvalue weighted by atomic mass is 9.92. The maximum atomic E-state index is 13.0. The Morgan fingerprint density at radius 2 is 2.23 bits per heavy atom. The molecule has 2 aromatic heterocycles. The van der Waals surface area contributed by atoms with Gasteiger partial charge in [-0.25, -0.2) is 9.97 Å². The molecule has 8 heteroatoms. The summed E-state index contributed by atoms with van der Waals surface area (Å²) in [4.78, 5) is 29.7. The summed E-state index contributed by atoms with van der Waals surface area (Å²) in [6, 6.07) is 0. The van der Waals surface area contributed by atoms with Crippen LogP contribution in [0.25, 0.3) is 11.0 Å². The lowest BCUT2D eigenvalue weighted by Gasteiger charge is -2.38. The third-order valence-corrected chi connectivity index (χ3v) is 5.99. The van der Waals surface area contributed by atoms with E-state index in [0.29, 0.717) is 6.54 Å². The molecule has 0 bridgehead atoms. The Labute approximate surface area is 157 Å². The molecule has 1 amide bonds. The van der Waals surface area contributed by atoms with Crippen LogP contribution in [0.15, 0.2) is 23.6 Å². The highest BCUT2D eigenvalue weighted by Gasteiger charge is 2.32. The summed E-state index contributed by atoms with van der Waals surface area (Å²) in [6.07, 6.45) is 7.35. The number of rotatable bonds is 2. The zero-order valence-electron chi connectivity index (χ0n) is 15.2. The number of piperidine rings is 1. The molecule has 1 fully saturated rings. The van der Waals surface area contributed by atoms with Crippen molar-refractivity contribution in [3.8, 4) is 0 Å². The number of carbonyl (C=O) groups is 1. The van der Waals surface area contributed by atoms with Gasteiger partial charge in [0.25, 0.3) is 5.91 Å². The zero-order valence-corrected chi connectivity index (χ0v) is 16.0. The van der Waals surface area contributed by atoms with Gasteiger partial charge in [0, 0.05) is 43.3 Å². The molecular weight excluding hydrogens is 348 g/mol.